The number of hydrogen-bond acceptors (Lipinski definition) is 3. The zero-order chi connectivity index (χ0) is 11.3. The van der Waals surface area contributed by atoms with E-state index in [1.165, 1.54) is 19.3 Å². The summed E-state index contributed by atoms with van der Waals surface area (Å²) in [5.74, 6) is 0. The average Bonchev–Trinajstić information content (AvgIpc) is 2.05. The monoisotopic (exact) mass is 214 g/mol. The summed E-state index contributed by atoms with van der Waals surface area (Å²) in [4.78, 5) is 0. The second-order valence-electron chi connectivity index (χ2n) is 5.51. The standard InChI is InChI=1S/C12H26N2O/c1-12(2,3)14-7-5-6-13-10-8-11(9-10)15-4/h10-11,13-14H,5-9H2,1-4H3. The predicted octanol–water partition coefficient (Wildman–Crippen LogP) is 1.53. The molecule has 3 nitrogen and oxygen atoms in total. The Labute approximate surface area is 94.0 Å². The number of rotatable bonds is 6. The first-order valence-corrected chi connectivity index (χ1v) is 6.02. The summed E-state index contributed by atoms with van der Waals surface area (Å²) in [5, 5.41) is 7.04. The highest BCUT2D eigenvalue weighted by Gasteiger charge is 2.27. The van der Waals surface area contributed by atoms with Gasteiger partial charge in [-0.2, -0.15) is 0 Å². The highest BCUT2D eigenvalue weighted by atomic mass is 16.5. The molecule has 1 aliphatic rings. The smallest absolute Gasteiger partial charge is 0.0601 e. The van der Waals surface area contributed by atoms with E-state index in [-0.39, 0.29) is 5.54 Å². The number of methoxy groups -OCH3 is 1. The van der Waals surface area contributed by atoms with Crippen LogP contribution in [0.4, 0.5) is 0 Å². The lowest BCUT2D eigenvalue weighted by Gasteiger charge is -2.34. The quantitative estimate of drug-likeness (QED) is 0.658. The van der Waals surface area contributed by atoms with Gasteiger partial charge in [-0.3, -0.25) is 0 Å². The molecule has 90 valence electrons. The minimum Gasteiger partial charge on any atom is -0.381 e. The average molecular weight is 214 g/mol. The van der Waals surface area contributed by atoms with Crippen molar-refractivity contribution < 1.29 is 4.74 Å². The molecular weight excluding hydrogens is 188 g/mol. The van der Waals surface area contributed by atoms with Gasteiger partial charge >= 0.3 is 0 Å². The van der Waals surface area contributed by atoms with Gasteiger partial charge in [0, 0.05) is 18.7 Å². The van der Waals surface area contributed by atoms with Gasteiger partial charge in [0.2, 0.25) is 0 Å². The Bertz CT molecular complexity index is 171. The van der Waals surface area contributed by atoms with Crippen LogP contribution in [0.3, 0.4) is 0 Å². The maximum Gasteiger partial charge on any atom is 0.0601 e. The molecule has 0 aromatic carbocycles. The van der Waals surface area contributed by atoms with Crippen molar-refractivity contribution in [2.75, 3.05) is 20.2 Å². The summed E-state index contributed by atoms with van der Waals surface area (Å²) in [6.07, 6.45) is 4.08. The van der Waals surface area contributed by atoms with Crippen LogP contribution in [0.15, 0.2) is 0 Å². The molecule has 0 atom stereocenters. The summed E-state index contributed by atoms with van der Waals surface area (Å²) in [6.45, 7) is 8.82. The van der Waals surface area contributed by atoms with E-state index in [0.717, 1.165) is 13.1 Å². The third-order valence-corrected chi connectivity index (χ3v) is 2.87. The third-order valence-electron chi connectivity index (χ3n) is 2.87. The lowest BCUT2D eigenvalue weighted by atomic mass is 9.89. The number of hydrogen-bond donors (Lipinski definition) is 2. The molecule has 0 saturated heterocycles. The van der Waals surface area contributed by atoms with Crippen molar-refractivity contribution in [3.63, 3.8) is 0 Å². The van der Waals surface area contributed by atoms with E-state index in [4.69, 9.17) is 4.74 Å². The Morgan fingerprint density at radius 1 is 1.20 bits per heavy atom. The number of nitrogens with one attached hydrogen (secondary N) is 2. The van der Waals surface area contributed by atoms with E-state index in [0.29, 0.717) is 12.1 Å². The van der Waals surface area contributed by atoms with E-state index in [1.807, 2.05) is 0 Å². The van der Waals surface area contributed by atoms with Crippen LogP contribution in [0, 0.1) is 0 Å². The summed E-state index contributed by atoms with van der Waals surface area (Å²) < 4.78 is 5.24. The molecule has 3 heteroatoms. The second kappa shape index (κ2) is 5.83. The molecule has 2 N–H and O–H groups in total. The van der Waals surface area contributed by atoms with E-state index in [1.54, 1.807) is 7.11 Å². The fourth-order valence-electron chi connectivity index (χ4n) is 1.78. The molecule has 1 fully saturated rings. The topological polar surface area (TPSA) is 33.3 Å². The predicted molar refractivity (Wildman–Crippen MR) is 64.2 cm³/mol. The van der Waals surface area contributed by atoms with Gasteiger partial charge in [-0.1, -0.05) is 0 Å². The lowest BCUT2D eigenvalue weighted by Crippen LogP contribution is -2.46. The van der Waals surface area contributed by atoms with Crippen molar-refractivity contribution in [2.45, 2.75) is 57.7 Å². The molecule has 1 aliphatic carbocycles. The molecule has 1 saturated carbocycles. The molecule has 0 amide bonds. The van der Waals surface area contributed by atoms with Gasteiger partial charge in [0.25, 0.3) is 0 Å². The Morgan fingerprint density at radius 3 is 2.40 bits per heavy atom. The summed E-state index contributed by atoms with van der Waals surface area (Å²) in [7, 11) is 1.80. The fraction of sp³-hybridized carbons (Fsp3) is 1.00. The maximum absolute atomic E-state index is 5.24. The van der Waals surface area contributed by atoms with Gasteiger partial charge in [0.05, 0.1) is 6.10 Å². The Balaban J connectivity index is 1.86. The molecule has 0 aromatic rings. The van der Waals surface area contributed by atoms with Crippen molar-refractivity contribution in [1.29, 1.82) is 0 Å². The molecule has 0 aromatic heterocycles. The van der Waals surface area contributed by atoms with Crippen LogP contribution < -0.4 is 10.6 Å². The molecule has 0 heterocycles. The zero-order valence-corrected chi connectivity index (χ0v) is 10.6. The van der Waals surface area contributed by atoms with Crippen LogP contribution in [0.25, 0.3) is 0 Å². The first-order chi connectivity index (χ1) is 7.01. The largest absolute Gasteiger partial charge is 0.381 e. The van der Waals surface area contributed by atoms with Crippen LogP contribution in [-0.2, 0) is 4.74 Å². The van der Waals surface area contributed by atoms with E-state index in [2.05, 4.69) is 31.4 Å². The first kappa shape index (κ1) is 12.9. The zero-order valence-electron chi connectivity index (χ0n) is 10.6. The Morgan fingerprint density at radius 2 is 1.87 bits per heavy atom. The van der Waals surface area contributed by atoms with Crippen LogP contribution in [0.1, 0.15) is 40.0 Å². The summed E-state index contributed by atoms with van der Waals surface area (Å²) in [6, 6.07) is 0.699. The van der Waals surface area contributed by atoms with Gasteiger partial charge in [-0.05, 0) is 53.1 Å². The van der Waals surface area contributed by atoms with Crippen LogP contribution >= 0.6 is 0 Å². The van der Waals surface area contributed by atoms with Gasteiger partial charge in [-0.15, -0.1) is 0 Å². The van der Waals surface area contributed by atoms with Crippen molar-refractivity contribution in [2.24, 2.45) is 0 Å². The van der Waals surface area contributed by atoms with Crippen molar-refractivity contribution >= 4 is 0 Å². The molecule has 1 rings (SSSR count). The second-order valence-corrected chi connectivity index (χ2v) is 5.51. The first-order valence-electron chi connectivity index (χ1n) is 6.02. The Hall–Kier alpha value is -0.120. The SMILES string of the molecule is COC1CC(NCCCNC(C)(C)C)C1. The highest BCUT2D eigenvalue weighted by molar-refractivity contribution is 4.85. The van der Waals surface area contributed by atoms with Gasteiger partial charge in [-0.25, -0.2) is 0 Å². The van der Waals surface area contributed by atoms with Crippen LogP contribution in [0.2, 0.25) is 0 Å². The van der Waals surface area contributed by atoms with Gasteiger partial charge < -0.3 is 15.4 Å². The van der Waals surface area contributed by atoms with Crippen molar-refractivity contribution in [1.82, 2.24) is 10.6 Å². The minimum atomic E-state index is 0.248. The number of ether oxygens (including phenoxy) is 1. The third kappa shape index (κ3) is 5.50. The van der Waals surface area contributed by atoms with Gasteiger partial charge in [0.1, 0.15) is 0 Å². The Kier molecular flexibility index (Phi) is 5.03. The molecule has 0 bridgehead atoms. The normalized spacial score (nSPS) is 26.4. The lowest BCUT2D eigenvalue weighted by molar-refractivity contribution is 0.0175. The van der Waals surface area contributed by atoms with E-state index in [9.17, 15) is 0 Å². The molecule has 0 unspecified atom stereocenters. The van der Waals surface area contributed by atoms with E-state index >= 15 is 0 Å². The van der Waals surface area contributed by atoms with E-state index < -0.39 is 0 Å². The van der Waals surface area contributed by atoms with Gasteiger partial charge in [0.15, 0.2) is 0 Å². The maximum atomic E-state index is 5.24. The summed E-state index contributed by atoms with van der Waals surface area (Å²) in [5.41, 5.74) is 0.248. The molecule has 0 aliphatic heterocycles. The fourth-order valence-corrected chi connectivity index (χ4v) is 1.78. The summed E-state index contributed by atoms with van der Waals surface area (Å²) >= 11 is 0. The van der Waals surface area contributed by atoms with Crippen LogP contribution in [-0.4, -0.2) is 37.9 Å². The van der Waals surface area contributed by atoms with Crippen molar-refractivity contribution in [3.8, 4) is 0 Å². The molecular formula is C12H26N2O. The van der Waals surface area contributed by atoms with Crippen molar-refractivity contribution in [3.05, 3.63) is 0 Å². The highest BCUT2D eigenvalue weighted by Crippen LogP contribution is 2.22. The molecule has 0 spiro atoms. The van der Waals surface area contributed by atoms with Crippen LogP contribution in [0.5, 0.6) is 0 Å². The minimum absolute atomic E-state index is 0.248. The molecule has 0 radical (unpaired) electrons. The molecule has 15 heavy (non-hydrogen) atoms.